The lowest BCUT2D eigenvalue weighted by molar-refractivity contribution is 0.638. The van der Waals surface area contributed by atoms with Crippen molar-refractivity contribution < 1.29 is 0 Å². The molecule has 2 aromatic heterocycles. The monoisotopic (exact) mass is 325 g/mol. The molecule has 0 aliphatic rings. The summed E-state index contributed by atoms with van der Waals surface area (Å²) in [5.74, 6) is 0. The van der Waals surface area contributed by atoms with Gasteiger partial charge < -0.3 is 9.47 Å². The molecule has 3 aromatic rings. The van der Waals surface area contributed by atoms with E-state index in [1.54, 1.807) is 12.4 Å². The Morgan fingerprint density at radius 1 is 1.39 bits per heavy atom. The van der Waals surface area contributed by atoms with E-state index >= 15 is 0 Å². The van der Waals surface area contributed by atoms with E-state index in [0.717, 1.165) is 36.1 Å². The molecule has 0 spiro atoms. The standard InChI is InChI=1S/C17H16ClN5/c1-22(6-2-7-23-8-5-20-12-23)17-13(10-19)11-21-16-4-3-14(18)9-15(16)17/h3-5,8-9,11-12H,2,6-7H2,1H3. The predicted octanol–water partition coefficient (Wildman–Crippen LogP) is 3.48. The first-order chi connectivity index (χ1) is 11.2. The van der Waals surface area contributed by atoms with Gasteiger partial charge in [0, 0.05) is 49.1 Å². The van der Waals surface area contributed by atoms with Crippen molar-refractivity contribution >= 4 is 28.2 Å². The van der Waals surface area contributed by atoms with E-state index in [1.807, 2.05) is 42.3 Å². The summed E-state index contributed by atoms with van der Waals surface area (Å²) in [5.41, 5.74) is 2.28. The third kappa shape index (κ3) is 3.27. The highest BCUT2D eigenvalue weighted by Gasteiger charge is 2.13. The van der Waals surface area contributed by atoms with Crippen LogP contribution in [-0.2, 0) is 6.54 Å². The Kier molecular flexibility index (Phi) is 4.45. The lowest BCUT2D eigenvalue weighted by Crippen LogP contribution is -2.21. The molecule has 0 unspecified atom stereocenters. The summed E-state index contributed by atoms with van der Waals surface area (Å²) in [7, 11) is 1.99. The van der Waals surface area contributed by atoms with Gasteiger partial charge in [-0.15, -0.1) is 0 Å². The van der Waals surface area contributed by atoms with Gasteiger partial charge in [-0.05, 0) is 24.6 Å². The first kappa shape index (κ1) is 15.3. The quantitative estimate of drug-likeness (QED) is 0.720. The predicted molar refractivity (Wildman–Crippen MR) is 91.6 cm³/mol. The van der Waals surface area contributed by atoms with Gasteiger partial charge in [0.05, 0.1) is 23.1 Å². The van der Waals surface area contributed by atoms with Crippen molar-refractivity contribution in [3.05, 3.63) is 53.7 Å². The summed E-state index contributed by atoms with van der Waals surface area (Å²) in [6.07, 6.45) is 8.10. The number of nitrogens with zero attached hydrogens (tertiary/aromatic N) is 5. The van der Waals surface area contributed by atoms with Crippen LogP contribution in [0, 0.1) is 11.3 Å². The molecule has 0 aliphatic heterocycles. The number of nitriles is 1. The minimum atomic E-state index is 0.560. The molecule has 0 aliphatic carbocycles. The molecule has 0 saturated heterocycles. The number of anilines is 1. The van der Waals surface area contributed by atoms with Crippen molar-refractivity contribution in [2.75, 3.05) is 18.5 Å². The molecule has 5 nitrogen and oxygen atoms in total. The second kappa shape index (κ2) is 6.67. The van der Waals surface area contributed by atoms with Gasteiger partial charge in [0.2, 0.25) is 0 Å². The van der Waals surface area contributed by atoms with Crippen LogP contribution in [-0.4, -0.2) is 28.1 Å². The SMILES string of the molecule is CN(CCCn1ccnc1)c1c(C#N)cnc2ccc(Cl)cc12. The molecule has 116 valence electrons. The molecule has 0 N–H and O–H groups in total. The van der Waals surface area contributed by atoms with Gasteiger partial charge in [-0.1, -0.05) is 11.6 Å². The van der Waals surface area contributed by atoms with E-state index < -0.39 is 0 Å². The van der Waals surface area contributed by atoms with Gasteiger partial charge >= 0.3 is 0 Å². The highest BCUT2D eigenvalue weighted by molar-refractivity contribution is 6.31. The number of imidazole rings is 1. The smallest absolute Gasteiger partial charge is 0.103 e. The number of pyridine rings is 1. The fourth-order valence-corrected chi connectivity index (χ4v) is 2.84. The highest BCUT2D eigenvalue weighted by atomic mass is 35.5. The van der Waals surface area contributed by atoms with E-state index in [2.05, 4.69) is 20.9 Å². The van der Waals surface area contributed by atoms with Crippen molar-refractivity contribution in [3.8, 4) is 6.07 Å². The minimum absolute atomic E-state index is 0.560. The van der Waals surface area contributed by atoms with Crippen LogP contribution in [0.5, 0.6) is 0 Å². The molecule has 3 rings (SSSR count). The topological polar surface area (TPSA) is 57.7 Å². The molecule has 0 radical (unpaired) electrons. The fraction of sp³-hybridized carbons (Fsp3) is 0.235. The van der Waals surface area contributed by atoms with Crippen molar-refractivity contribution in [3.63, 3.8) is 0 Å². The maximum Gasteiger partial charge on any atom is 0.103 e. The average Bonchev–Trinajstić information content (AvgIpc) is 3.06. The second-order valence-corrected chi connectivity index (χ2v) is 5.81. The highest BCUT2D eigenvalue weighted by Crippen LogP contribution is 2.30. The molecular formula is C17H16ClN5. The number of aryl methyl sites for hydroxylation is 1. The zero-order valence-electron chi connectivity index (χ0n) is 12.8. The van der Waals surface area contributed by atoms with Crippen LogP contribution in [0.3, 0.4) is 0 Å². The maximum atomic E-state index is 9.41. The second-order valence-electron chi connectivity index (χ2n) is 5.37. The molecule has 2 heterocycles. The molecule has 0 atom stereocenters. The molecular weight excluding hydrogens is 310 g/mol. The van der Waals surface area contributed by atoms with E-state index in [-0.39, 0.29) is 0 Å². The third-order valence-corrected chi connectivity index (χ3v) is 4.01. The van der Waals surface area contributed by atoms with Gasteiger partial charge in [0.1, 0.15) is 6.07 Å². The Labute approximate surface area is 139 Å². The summed E-state index contributed by atoms with van der Waals surface area (Å²) in [5, 5.41) is 11.0. The van der Waals surface area contributed by atoms with Crippen LogP contribution in [0.1, 0.15) is 12.0 Å². The summed E-state index contributed by atoms with van der Waals surface area (Å²) in [6, 6.07) is 7.78. The van der Waals surface area contributed by atoms with Crippen molar-refractivity contribution in [1.82, 2.24) is 14.5 Å². The Morgan fingerprint density at radius 2 is 2.26 bits per heavy atom. The van der Waals surface area contributed by atoms with Crippen LogP contribution in [0.4, 0.5) is 5.69 Å². The first-order valence-corrected chi connectivity index (χ1v) is 7.72. The molecule has 1 aromatic carbocycles. The maximum absolute atomic E-state index is 9.41. The minimum Gasteiger partial charge on any atom is -0.373 e. The third-order valence-electron chi connectivity index (χ3n) is 3.77. The normalized spacial score (nSPS) is 10.7. The molecule has 23 heavy (non-hydrogen) atoms. The zero-order chi connectivity index (χ0) is 16.2. The van der Waals surface area contributed by atoms with Gasteiger partial charge in [-0.25, -0.2) is 4.98 Å². The first-order valence-electron chi connectivity index (χ1n) is 7.34. The fourth-order valence-electron chi connectivity index (χ4n) is 2.67. The van der Waals surface area contributed by atoms with E-state index in [4.69, 9.17) is 11.6 Å². The molecule has 0 bridgehead atoms. The number of rotatable bonds is 5. The van der Waals surface area contributed by atoms with E-state index in [9.17, 15) is 5.26 Å². The summed E-state index contributed by atoms with van der Waals surface area (Å²) >= 11 is 6.12. The number of aromatic nitrogens is 3. The van der Waals surface area contributed by atoms with Crippen LogP contribution < -0.4 is 4.90 Å². The number of hydrogen-bond donors (Lipinski definition) is 0. The van der Waals surface area contributed by atoms with Gasteiger partial charge in [0.25, 0.3) is 0 Å². The molecule has 0 saturated carbocycles. The van der Waals surface area contributed by atoms with Crippen molar-refractivity contribution in [1.29, 1.82) is 5.26 Å². The number of fused-ring (bicyclic) bond motifs is 1. The number of benzene rings is 1. The number of hydrogen-bond acceptors (Lipinski definition) is 4. The van der Waals surface area contributed by atoms with Gasteiger partial charge in [0.15, 0.2) is 0 Å². The Hall–Kier alpha value is -2.58. The Balaban J connectivity index is 1.87. The zero-order valence-corrected chi connectivity index (χ0v) is 13.5. The van der Waals surface area contributed by atoms with Crippen LogP contribution in [0.2, 0.25) is 5.02 Å². The molecule has 0 amide bonds. The lowest BCUT2D eigenvalue weighted by Gasteiger charge is -2.22. The molecule has 6 heteroatoms. The Bertz CT molecular complexity index is 851. The van der Waals surface area contributed by atoms with Gasteiger partial charge in [-0.3, -0.25) is 4.98 Å². The van der Waals surface area contributed by atoms with Crippen LogP contribution in [0.15, 0.2) is 43.1 Å². The summed E-state index contributed by atoms with van der Waals surface area (Å²) < 4.78 is 2.04. The van der Waals surface area contributed by atoms with E-state index in [1.165, 1.54) is 0 Å². The van der Waals surface area contributed by atoms with Crippen molar-refractivity contribution in [2.24, 2.45) is 0 Å². The Morgan fingerprint density at radius 3 is 3.00 bits per heavy atom. The number of halogens is 1. The van der Waals surface area contributed by atoms with Crippen molar-refractivity contribution in [2.45, 2.75) is 13.0 Å². The average molecular weight is 326 g/mol. The van der Waals surface area contributed by atoms with Crippen LogP contribution >= 0.6 is 11.6 Å². The summed E-state index contributed by atoms with van der Waals surface area (Å²) in [4.78, 5) is 10.5. The lowest BCUT2D eigenvalue weighted by atomic mass is 10.1. The van der Waals surface area contributed by atoms with Crippen LogP contribution in [0.25, 0.3) is 10.9 Å². The van der Waals surface area contributed by atoms with Gasteiger partial charge in [-0.2, -0.15) is 5.26 Å². The summed E-state index contributed by atoms with van der Waals surface area (Å²) in [6.45, 7) is 1.70. The van der Waals surface area contributed by atoms with E-state index in [0.29, 0.717) is 10.6 Å². The molecule has 0 fully saturated rings. The largest absolute Gasteiger partial charge is 0.373 e.